The van der Waals surface area contributed by atoms with Crippen LogP contribution >= 0.6 is 0 Å². The second-order valence-corrected chi connectivity index (χ2v) is 4.49. The third kappa shape index (κ3) is 2.29. The summed E-state index contributed by atoms with van der Waals surface area (Å²) < 4.78 is 7.68. The second kappa shape index (κ2) is 4.80. The predicted molar refractivity (Wildman–Crippen MR) is 69.3 cm³/mol. The highest BCUT2D eigenvalue weighted by Crippen LogP contribution is 2.28. The van der Waals surface area contributed by atoms with Gasteiger partial charge in [0.15, 0.2) is 0 Å². The summed E-state index contributed by atoms with van der Waals surface area (Å²) in [6.45, 7) is 7.58. The van der Waals surface area contributed by atoms with E-state index in [9.17, 15) is 5.11 Å². The van der Waals surface area contributed by atoms with Crippen molar-refractivity contribution in [3.05, 3.63) is 30.0 Å². The van der Waals surface area contributed by atoms with Crippen molar-refractivity contribution < 1.29 is 9.84 Å². The number of aromatic nitrogens is 1. The van der Waals surface area contributed by atoms with E-state index in [0.717, 1.165) is 16.5 Å². The van der Waals surface area contributed by atoms with Crippen LogP contribution in [0.2, 0.25) is 0 Å². The Morgan fingerprint density at radius 3 is 2.76 bits per heavy atom. The van der Waals surface area contributed by atoms with Crippen molar-refractivity contribution in [2.24, 2.45) is 0 Å². The number of benzene rings is 1. The van der Waals surface area contributed by atoms with Crippen molar-refractivity contribution in [3.8, 4) is 5.75 Å². The lowest BCUT2D eigenvalue weighted by Crippen LogP contribution is -1.98. The molecule has 2 rings (SSSR count). The summed E-state index contributed by atoms with van der Waals surface area (Å²) in [6, 6.07) is 5.89. The van der Waals surface area contributed by atoms with Gasteiger partial charge in [0.05, 0.1) is 6.61 Å². The van der Waals surface area contributed by atoms with Gasteiger partial charge in [-0.2, -0.15) is 0 Å². The van der Waals surface area contributed by atoms with Gasteiger partial charge in [0.2, 0.25) is 0 Å². The summed E-state index contributed by atoms with van der Waals surface area (Å²) in [5.74, 6) is 0.303. The molecule has 0 radical (unpaired) electrons. The van der Waals surface area contributed by atoms with Crippen molar-refractivity contribution >= 4 is 10.9 Å². The number of phenolic OH excluding ortho intramolecular Hbond substituents is 1. The van der Waals surface area contributed by atoms with E-state index in [1.54, 1.807) is 6.07 Å². The molecular weight excluding hydrogens is 214 g/mol. The average molecular weight is 233 g/mol. The van der Waals surface area contributed by atoms with Crippen LogP contribution in [0.25, 0.3) is 10.9 Å². The van der Waals surface area contributed by atoms with E-state index < -0.39 is 0 Å². The minimum absolute atomic E-state index is 0.303. The molecule has 17 heavy (non-hydrogen) atoms. The molecule has 0 unspecified atom stereocenters. The minimum atomic E-state index is 0.303. The summed E-state index contributed by atoms with van der Waals surface area (Å²) in [4.78, 5) is 0. The van der Waals surface area contributed by atoms with Crippen molar-refractivity contribution in [1.82, 2.24) is 4.57 Å². The molecule has 92 valence electrons. The number of aromatic hydroxyl groups is 1. The van der Waals surface area contributed by atoms with Crippen LogP contribution in [-0.4, -0.2) is 16.3 Å². The summed E-state index contributed by atoms with van der Waals surface area (Å²) >= 11 is 0. The SMILES string of the molecule is CCOCc1cn(C(C)C)c2ccc(O)cc12. The first-order chi connectivity index (χ1) is 8.13. The molecule has 3 nitrogen and oxygen atoms in total. The molecule has 1 aromatic heterocycles. The van der Waals surface area contributed by atoms with Gasteiger partial charge in [-0.3, -0.25) is 0 Å². The molecule has 0 saturated carbocycles. The van der Waals surface area contributed by atoms with Gasteiger partial charge in [-0.05, 0) is 39.0 Å². The maximum atomic E-state index is 9.58. The van der Waals surface area contributed by atoms with Gasteiger partial charge < -0.3 is 14.4 Å². The number of hydrogen-bond donors (Lipinski definition) is 1. The molecule has 1 heterocycles. The molecule has 0 aliphatic rings. The summed E-state index contributed by atoms with van der Waals surface area (Å²) in [5.41, 5.74) is 2.28. The zero-order chi connectivity index (χ0) is 12.4. The average Bonchev–Trinajstić information content (AvgIpc) is 2.64. The number of ether oxygens (including phenoxy) is 1. The zero-order valence-corrected chi connectivity index (χ0v) is 10.6. The van der Waals surface area contributed by atoms with Gasteiger partial charge in [-0.25, -0.2) is 0 Å². The van der Waals surface area contributed by atoms with E-state index in [4.69, 9.17) is 4.74 Å². The highest BCUT2D eigenvalue weighted by atomic mass is 16.5. The van der Waals surface area contributed by atoms with Crippen LogP contribution in [0, 0.1) is 0 Å². The standard InChI is InChI=1S/C14H19NO2/c1-4-17-9-11-8-15(10(2)3)14-6-5-12(16)7-13(11)14/h5-8,10,16H,4,9H2,1-3H3. The molecule has 0 aliphatic heterocycles. The summed E-state index contributed by atoms with van der Waals surface area (Å²) in [5, 5.41) is 10.7. The fourth-order valence-corrected chi connectivity index (χ4v) is 2.07. The van der Waals surface area contributed by atoms with E-state index in [1.165, 1.54) is 0 Å². The number of nitrogens with zero attached hydrogens (tertiary/aromatic N) is 1. The summed E-state index contributed by atoms with van der Waals surface area (Å²) in [7, 11) is 0. The van der Waals surface area contributed by atoms with Gasteiger partial charge in [-0.1, -0.05) is 0 Å². The van der Waals surface area contributed by atoms with Crippen molar-refractivity contribution in [2.45, 2.75) is 33.4 Å². The molecular formula is C14H19NO2. The molecule has 1 N–H and O–H groups in total. The zero-order valence-electron chi connectivity index (χ0n) is 10.6. The lowest BCUT2D eigenvalue weighted by atomic mass is 10.2. The van der Waals surface area contributed by atoms with Crippen LogP contribution in [0.3, 0.4) is 0 Å². The molecule has 1 aromatic carbocycles. The largest absolute Gasteiger partial charge is 0.508 e. The molecule has 0 amide bonds. The van der Waals surface area contributed by atoms with Crippen molar-refractivity contribution in [1.29, 1.82) is 0 Å². The van der Waals surface area contributed by atoms with E-state index in [-0.39, 0.29) is 0 Å². The quantitative estimate of drug-likeness (QED) is 0.877. The second-order valence-electron chi connectivity index (χ2n) is 4.49. The monoisotopic (exact) mass is 233 g/mol. The molecule has 0 saturated heterocycles. The molecule has 0 spiro atoms. The van der Waals surface area contributed by atoms with E-state index in [2.05, 4.69) is 24.6 Å². The fraction of sp³-hybridized carbons (Fsp3) is 0.429. The van der Waals surface area contributed by atoms with Crippen LogP contribution in [0.1, 0.15) is 32.4 Å². The molecule has 3 heteroatoms. The number of rotatable bonds is 4. The highest BCUT2D eigenvalue weighted by Gasteiger charge is 2.11. The minimum Gasteiger partial charge on any atom is -0.508 e. The van der Waals surface area contributed by atoms with Crippen LogP contribution in [-0.2, 0) is 11.3 Å². The molecule has 0 fully saturated rings. The molecule has 0 atom stereocenters. The Morgan fingerprint density at radius 1 is 1.35 bits per heavy atom. The Kier molecular flexibility index (Phi) is 3.38. The van der Waals surface area contributed by atoms with Gasteiger partial charge in [0.25, 0.3) is 0 Å². The van der Waals surface area contributed by atoms with Crippen LogP contribution in [0.5, 0.6) is 5.75 Å². The molecule has 0 aliphatic carbocycles. The van der Waals surface area contributed by atoms with E-state index in [0.29, 0.717) is 25.0 Å². The third-order valence-corrected chi connectivity index (χ3v) is 2.92. The molecule has 0 bridgehead atoms. The van der Waals surface area contributed by atoms with Gasteiger partial charge in [0.1, 0.15) is 5.75 Å². The molecule has 2 aromatic rings. The maximum Gasteiger partial charge on any atom is 0.116 e. The Bertz CT molecular complexity index is 514. The number of hydrogen-bond acceptors (Lipinski definition) is 2. The van der Waals surface area contributed by atoms with Gasteiger partial charge >= 0.3 is 0 Å². The van der Waals surface area contributed by atoms with Crippen molar-refractivity contribution in [3.63, 3.8) is 0 Å². The Balaban J connectivity index is 2.54. The first-order valence-corrected chi connectivity index (χ1v) is 6.03. The normalized spacial score (nSPS) is 11.5. The number of fused-ring (bicyclic) bond motifs is 1. The smallest absolute Gasteiger partial charge is 0.116 e. The third-order valence-electron chi connectivity index (χ3n) is 2.92. The fourth-order valence-electron chi connectivity index (χ4n) is 2.07. The van der Waals surface area contributed by atoms with Crippen LogP contribution in [0.4, 0.5) is 0 Å². The van der Waals surface area contributed by atoms with Crippen LogP contribution < -0.4 is 0 Å². The Morgan fingerprint density at radius 2 is 2.12 bits per heavy atom. The topological polar surface area (TPSA) is 34.4 Å². The first-order valence-electron chi connectivity index (χ1n) is 6.03. The lowest BCUT2D eigenvalue weighted by molar-refractivity contribution is 0.135. The summed E-state index contributed by atoms with van der Waals surface area (Å²) in [6.07, 6.45) is 2.12. The van der Waals surface area contributed by atoms with Crippen molar-refractivity contribution in [2.75, 3.05) is 6.61 Å². The van der Waals surface area contributed by atoms with E-state index in [1.807, 2.05) is 19.1 Å². The first kappa shape index (κ1) is 12.0. The van der Waals surface area contributed by atoms with E-state index >= 15 is 0 Å². The van der Waals surface area contributed by atoms with Gasteiger partial charge in [0, 0.05) is 35.3 Å². The number of phenols is 1. The lowest BCUT2D eigenvalue weighted by Gasteiger charge is -2.08. The Labute approximate surface area is 102 Å². The maximum absolute atomic E-state index is 9.58. The predicted octanol–water partition coefficient (Wildman–Crippen LogP) is 3.46. The van der Waals surface area contributed by atoms with Gasteiger partial charge in [-0.15, -0.1) is 0 Å². The Hall–Kier alpha value is -1.48. The van der Waals surface area contributed by atoms with Crippen LogP contribution in [0.15, 0.2) is 24.4 Å². The highest BCUT2D eigenvalue weighted by molar-refractivity contribution is 5.85.